The third-order valence-electron chi connectivity index (χ3n) is 2.44. The van der Waals surface area contributed by atoms with E-state index in [1.165, 1.54) is 0 Å². The largest absolute Gasteiger partial charge is 0.412 e. The Labute approximate surface area is 99.9 Å². The number of ether oxygens (including phenoxy) is 3. The van der Waals surface area contributed by atoms with Crippen molar-refractivity contribution in [2.75, 3.05) is 26.4 Å². The monoisotopic (exact) mass is 248 g/mol. The molecule has 0 aromatic carbocycles. The van der Waals surface area contributed by atoms with Gasteiger partial charge in [-0.3, -0.25) is 0 Å². The first kappa shape index (κ1) is 14.1. The van der Waals surface area contributed by atoms with E-state index >= 15 is 0 Å². The molecular weight excluding hydrogens is 224 g/mol. The third-order valence-corrected chi connectivity index (χ3v) is 5.20. The molecule has 4 nitrogen and oxygen atoms in total. The fourth-order valence-electron chi connectivity index (χ4n) is 1.57. The van der Waals surface area contributed by atoms with Gasteiger partial charge in [-0.2, -0.15) is 0 Å². The molecule has 0 amide bonds. The van der Waals surface area contributed by atoms with Crippen molar-refractivity contribution in [1.29, 1.82) is 0 Å². The van der Waals surface area contributed by atoms with Crippen molar-refractivity contribution < 1.29 is 18.6 Å². The molecule has 5 heteroatoms. The van der Waals surface area contributed by atoms with Crippen molar-refractivity contribution in [2.24, 2.45) is 0 Å². The fraction of sp³-hybridized carbons (Fsp3) is 1.00. The first-order chi connectivity index (χ1) is 7.81. The van der Waals surface area contributed by atoms with Gasteiger partial charge in [0.1, 0.15) is 6.10 Å². The Morgan fingerprint density at radius 3 is 2.31 bits per heavy atom. The summed E-state index contributed by atoms with van der Waals surface area (Å²) in [7, 11) is -1.42. The van der Waals surface area contributed by atoms with Crippen LogP contribution >= 0.6 is 0 Å². The van der Waals surface area contributed by atoms with Crippen LogP contribution in [0.2, 0.25) is 6.04 Å². The highest BCUT2D eigenvalue weighted by Gasteiger charge is 2.29. The second-order valence-corrected chi connectivity index (χ2v) is 6.43. The van der Waals surface area contributed by atoms with Crippen LogP contribution < -0.4 is 0 Å². The average Bonchev–Trinajstić information content (AvgIpc) is 3.08. The minimum Gasteiger partial charge on any atom is -0.412 e. The fourth-order valence-corrected chi connectivity index (χ4v) is 4.01. The molecule has 0 bridgehead atoms. The van der Waals surface area contributed by atoms with E-state index in [4.69, 9.17) is 18.6 Å². The number of hydrogen-bond donors (Lipinski definition) is 0. The minimum absolute atomic E-state index is 0.103. The molecule has 1 saturated heterocycles. The van der Waals surface area contributed by atoms with Gasteiger partial charge in [-0.1, -0.05) is 13.3 Å². The average molecular weight is 248 g/mol. The van der Waals surface area contributed by atoms with Crippen molar-refractivity contribution >= 4 is 9.04 Å². The summed E-state index contributed by atoms with van der Waals surface area (Å²) in [5, 5.41) is 0. The first-order valence-corrected chi connectivity index (χ1v) is 8.23. The van der Waals surface area contributed by atoms with Crippen LogP contribution in [0.3, 0.4) is 0 Å². The Morgan fingerprint density at radius 1 is 1.25 bits per heavy atom. The molecule has 96 valence electrons. The summed E-state index contributed by atoms with van der Waals surface area (Å²) in [5.41, 5.74) is 0. The van der Waals surface area contributed by atoms with Crippen molar-refractivity contribution in [3.63, 3.8) is 0 Å². The van der Waals surface area contributed by atoms with Crippen molar-refractivity contribution in [3.05, 3.63) is 0 Å². The highest BCUT2D eigenvalue weighted by atomic mass is 28.3. The van der Waals surface area contributed by atoms with Crippen LogP contribution in [0.25, 0.3) is 0 Å². The maximum atomic E-state index is 5.94. The molecule has 1 heterocycles. The predicted octanol–water partition coefficient (Wildman–Crippen LogP) is 1.47. The lowest BCUT2D eigenvalue weighted by atomic mass is 10.5. The SMILES string of the molecule is CCC[SiH](OCC1CO1)C(OCC)OCC. The Morgan fingerprint density at radius 2 is 1.88 bits per heavy atom. The molecule has 0 N–H and O–H groups in total. The zero-order valence-electron chi connectivity index (χ0n) is 10.6. The Hall–Kier alpha value is 0.0569. The number of rotatable bonds is 10. The van der Waals surface area contributed by atoms with Crippen LogP contribution in [0.1, 0.15) is 27.2 Å². The van der Waals surface area contributed by atoms with Gasteiger partial charge in [0.25, 0.3) is 0 Å². The van der Waals surface area contributed by atoms with E-state index in [0.29, 0.717) is 25.9 Å². The summed E-state index contributed by atoms with van der Waals surface area (Å²) in [5.74, 6) is -0.103. The van der Waals surface area contributed by atoms with Crippen molar-refractivity contribution in [1.82, 2.24) is 0 Å². The van der Waals surface area contributed by atoms with Gasteiger partial charge in [-0.15, -0.1) is 0 Å². The molecule has 0 aromatic rings. The molecule has 0 spiro atoms. The van der Waals surface area contributed by atoms with Crippen molar-refractivity contribution in [3.8, 4) is 0 Å². The third kappa shape index (κ3) is 5.40. The van der Waals surface area contributed by atoms with E-state index in [2.05, 4.69) is 6.92 Å². The van der Waals surface area contributed by atoms with Gasteiger partial charge in [-0.05, 0) is 19.9 Å². The first-order valence-electron chi connectivity index (χ1n) is 6.28. The summed E-state index contributed by atoms with van der Waals surface area (Å²) < 4.78 is 22.3. The molecule has 1 rings (SSSR count). The van der Waals surface area contributed by atoms with E-state index in [0.717, 1.165) is 19.1 Å². The summed E-state index contributed by atoms with van der Waals surface area (Å²) >= 11 is 0. The lowest BCUT2D eigenvalue weighted by Gasteiger charge is -2.25. The maximum Gasteiger partial charge on any atom is 0.238 e. The van der Waals surface area contributed by atoms with Crippen LogP contribution in [0.15, 0.2) is 0 Å². The lowest BCUT2D eigenvalue weighted by Crippen LogP contribution is -2.39. The molecule has 0 saturated carbocycles. The Balaban J connectivity index is 2.34. The summed E-state index contributed by atoms with van der Waals surface area (Å²) in [6.07, 6.45) is 1.45. The quantitative estimate of drug-likeness (QED) is 0.333. The molecule has 1 aliphatic heterocycles. The van der Waals surface area contributed by atoms with Crippen LogP contribution in [-0.4, -0.2) is 47.5 Å². The van der Waals surface area contributed by atoms with E-state index in [1.807, 2.05) is 13.8 Å². The van der Waals surface area contributed by atoms with Gasteiger partial charge in [0.2, 0.25) is 9.04 Å². The molecule has 2 atom stereocenters. The topological polar surface area (TPSA) is 40.2 Å². The minimum atomic E-state index is -1.42. The van der Waals surface area contributed by atoms with Gasteiger partial charge in [0, 0.05) is 13.2 Å². The molecule has 2 unspecified atom stereocenters. The van der Waals surface area contributed by atoms with E-state index < -0.39 is 9.04 Å². The zero-order valence-corrected chi connectivity index (χ0v) is 11.8. The van der Waals surface area contributed by atoms with Crippen LogP contribution in [0, 0.1) is 0 Å². The van der Waals surface area contributed by atoms with Crippen LogP contribution in [-0.2, 0) is 18.6 Å². The molecular formula is C11H24O4Si. The van der Waals surface area contributed by atoms with Crippen molar-refractivity contribution in [2.45, 2.75) is 45.3 Å². The predicted molar refractivity (Wildman–Crippen MR) is 65.0 cm³/mol. The van der Waals surface area contributed by atoms with E-state index in [1.54, 1.807) is 0 Å². The molecule has 0 aliphatic carbocycles. The van der Waals surface area contributed by atoms with Gasteiger partial charge >= 0.3 is 0 Å². The van der Waals surface area contributed by atoms with Crippen LogP contribution in [0.4, 0.5) is 0 Å². The Kier molecular flexibility index (Phi) is 7.23. The number of hydrogen-bond acceptors (Lipinski definition) is 4. The molecule has 1 aliphatic rings. The summed E-state index contributed by atoms with van der Waals surface area (Å²) in [6.45, 7) is 9.09. The lowest BCUT2D eigenvalue weighted by molar-refractivity contribution is -0.0945. The summed E-state index contributed by atoms with van der Waals surface area (Å²) in [6, 6.07) is 1.09. The highest BCUT2D eigenvalue weighted by Crippen LogP contribution is 2.14. The smallest absolute Gasteiger partial charge is 0.238 e. The molecule has 0 aromatic heterocycles. The normalized spacial score (nSPS) is 21.4. The van der Waals surface area contributed by atoms with Gasteiger partial charge in [0.05, 0.1) is 13.2 Å². The standard InChI is InChI=1S/C11H24O4Si/c1-4-7-16(15-9-10-8-14-10)11(12-5-2)13-6-3/h10-11,16H,4-9H2,1-3H3. The van der Waals surface area contributed by atoms with Gasteiger partial charge in [-0.25, -0.2) is 0 Å². The highest BCUT2D eigenvalue weighted by molar-refractivity contribution is 6.52. The second kappa shape index (κ2) is 8.19. The van der Waals surface area contributed by atoms with Crippen LogP contribution in [0.5, 0.6) is 0 Å². The Bertz CT molecular complexity index is 169. The van der Waals surface area contributed by atoms with E-state index in [9.17, 15) is 0 Å². The molecule has 16 heavy (non-hydrogen) atoms. The molecule has 0 radical (unpaired) electrons. The number of epoxide rings is 1. The summed E-state index contributed by atoms with van der Waals surface area (Å²) in [4.78, 5) is 0. The molecule has 1 fully saturated rings. The van der Waals surface area contributed by atoms with Gasteiger partial charge in [0.15, 0.2) is 5.91 Å². The maximum absolute atomic E-state index is 5.94. The van der Waals surface area contributed by atoms with E-state index in [-0.39, 0.29) is 5.91 Å². The van der Waals surface area contributed by atoms with Gasteiger partial charge < -0.3 is 18.6 Å². The zero-order chi connectivity index (χ0) is 11.8. The second-order valence-electron chi connectivity index (χ2n) is 3.89.